The molecule has 88 valence electrons. The Morgan fingerprint density at radius 2 is 2.06 bits per heavy atom. The van der Waals surface area contributed by atoms with E-state index in [0.29, 0.717) is 0 Å². The lowest BCUT2D eigenvalue weighted by atomic mass is 10.2. The maximum Gasteiger partial charge on any atom is 0.0185 e. The lowest BCUT2D eigenvalue weighted by molar-refractivity contribution is 0.514. The molecule has 1 saturated carbocycles. The average Bonchev–Trinajstić information content (AvgIpc) is 3.13. The Hall–Kier alpha value is -0.470. The number of hydrogen-bond acceptors (Lipinski definition) is 2. The quantitative estimate of drug-likeness (QED) is 0.728. The molecule has 0 radical (unpaired) electrons. The number of rotatable bonds is 7. The number of thioether (sulfide) groups is 1. The van der Waals surface area contributed by atoms with Crippen LogP contribution >= 0.6 is 11.8 Å². The van der Waals surface area contributed by atoms with E-state index in [-0.39, 0.29) is 0 Å². The van der Waals surface area contributed by atoms with Crippen molar-refractivity contribution in [2.24, 2.45) is 5.92 Å². The Labute approximate surface area is 103 Å². The molecule has 2 rings (SSSR count). The van der Waals surface area contributed by atoms with Gasteiger partial charge in [0.2, 0.25) is 0 Å². The third-order valence-corrected chi connectivity index (χ3v) is 4.18. The van der Waals surface area contributed by atoms with E-state index in [1.165, 1.54) is 24.2 Å². The monoisotopic (exact) mass is 235 g/mol. The molecule has 0 heterocycles. The predicted molar refractivity (Wildman–Crippen MR) is 72.8 cm³/mol. The van der Waals surface area contributed by atoms with E-state index in [2.05, 4.69) is 42.6 Å². The van der Waals surface area contributed by atoms with Crippen molar-refractivity contribution in [3.63, 3.8) is 0 Å². The Balaban J connectivity index is 1.52. The predicted octanol–water partition coefficient (Wildman–Crippen LogP) is 3.31. The molecule has 1 aromatic rings. The summed E-state index contributed by atoms with van der Waals surface area (Å²) in [6.07, 6.45) is 2.87. The van der Waals surface area contributed by atoms with Gasteiger partial charge in [0.05, 0.1) is 0 Å². The molecule has 1 N–H and O–H groups in total. The van der Waals surface area contributed by atoms with Gasteiger partial charge in [0.25, 0.3) is 0 Å². The van der Waals surface area contributed by atoms with Crippen LogP contribution in [0.1, 0.15) is 25.3 Å². The molecule has 1 aliphatic carbocycles. The van der Waals surface area contributed by atoms with Gasteiger partial charge in [0.15, 0.2) is 0 Å². The van der Waals surface area contributed by atoms with Crippen LogP contribution in [0.15, 0.2) is 30.3 Å². The lowest BCUT2D eigenvalue weighted by Gasteiger charge is -2.11. The van der Waals surface area contributed by atoms with Crippen LogP contribution in [-0.2, 0) is 5.75 Å². The minimum atomic E-state index is 0.734. The number of nitrogens with one attached hydrogen (secondary N) is 1. The van der Waals surface area contributed by atoms with Gasteiger partial charge in [-0.3, -0.25) is 0 Å². The van der Waals surface area contributed by atoms with E-state index >= 15 is 0 Å². The van der Waals surface area contributed by atoms with E-state index in [4.69, 9.17) is 0 Å². The highest BCUT2D eigenvalue weighted by atomic mass is 32.2. The third kappa shape index (κ3) is 4.18. The summed E-state index contributed by atoms with van der Waals surface area (Å²) < 4.78 is 0. The summed E-state index contributed by atoms with van der Waals surface area (Å²) >= 11 is 2.02. The Morgan fingerprint density at radius 3 is 2.75 bits per heavy atom. The molecule has 0 spiro atoms. The van der Waals surface area contributed by atoms with E-state index < -0.39 is 0 Å². The van der Waals surface area contributed by atoms with Gasteiger partial charge in [-0.15, -0.1) is 0 Å². The number of hydrogen-bond donors (Lipinski definition) is 1. The average molecular weight is 235 g/mol. The fraction of sp³-hybridized carbons (Fsp3) is 0.571. The van der Waals surface area contributed by atoms with Gasteiger partial charge in [-0.05, 0) is 31.2 Å². The van der Waals surface area contributed by atoms with Crippen molar-refractivity contribution in [2.45, 2.75) is 31.6 Å². The van der Waals surface area contributed by atoms with Crippen LogP contribution in [-0.4, -0.2) is 18.3 Å². The first-order valence-electron chi connectivity index (χ1n) is 6.21. The van der Waals surface area contributed by atoms with Crippen molar-refractivity contribution < 1.29 is 0 Å². The third-order valence-electron chi connectivity index (χ3n) is 3.15. The molecule has 0 bridgehead atoms. The van der Waals surface area contributed by atoms with Crippen molar-refractivity contribution in [3.05, 3.63) is 35.9 Å². The first-order chi connectivity index (χ1) is 7.86. The largest absolute Gasteiger partial charge is 0.313 e. The van der Waals surface area contributed by atoms with Crippen LogP contribution in [0.2, 0.25) is 0 Å². The number of benzene rings is 1. The van der Waals surface area contributed by atoms with Gasteiger partial charge < -0.3 is 5.32 Å². The molecular weight excluding hydrogens is 214 g/mol. The normalized spacial score (nSPS) is 17.3. The van der Waals surface area contributed by atoms with Gasteiger partial charge in [-0.2, -0.15) is 11.8 Å². The van der Waals surface area contributed by atoms with E-state index in [0.717, 1.165) is 24.3 Å². The summed E-state index contributed by atoms with van der Waals surface area (Å²) in [5, 5.41) is 3.61. The molecule has 0 amide bonds. The molecule has 1 unspecified atom stereocenters. The zero-order chi connectivity index (χ0) is 11.2. The van der Waals surface area contributed by atoms with Crippen LogP contribution in [0.5, 0.6) is 0 Å². The molecule has 1 aliphatic rings. The van der Waals surface area contributed by atoms with Crippen molar-refractivity contribution in [1.29, 1.82) is 0 Å². The maximum atomic E-state index is 3.61. The van der Waals surface area contributed by atoms with Gasteiger partial charge >= 0.3 is 0 Å². The molecule has 0 aromatic heterocycles. The molecule has 1 fully saturated rings. The summed E-state index contributed by atoms with van der Waals surface area (Å²) in [4.78, 5) is 0. The summed E-state index contributed by atoms with van der Waals surface area (Å²) in [5.41, 5.74) is 1.43. The summed E-state index contributed by atoms with van der Waals surface area (Å²) in [6.45, 7) is 3.47. The van der Waals surface area contributed by atoms with Crippen LogP contribution in [0.25, 0.3) is 0 Å². The second-order valence-corrected chi connectivity index (χ2v) is 5.72. The molecular formula is C14H21NS. The smallest absolute Gasteiger partial charge is 0.0185 e. The van der Waals surface area contributed by atoms with Crippen molar-refractivity contribution in [1.82, 2.24) is 5.32 Å². The molecule has 0 saturated heterocycles. The highest BCUT2D eigenvalue weighted by Gasteiger charge is 2.26. The second kappa shape index (κ2) is 6.31. The fourth-order valence-electron chi connectivity index (χ4n) is 1.89. The topological polar surface area (TPSA) is 12.0 Å². The fourth-order valence-corrected chi connectivity index (χ4v) is 2.72. The van der Waals surface area contributed by atoms with Crippen LogP contribution < -0.4 is 5.32 Å². The zero-order valence-electron chi connectivity index (χ0n) is 9.99. The molecule has 0 aliphatic heterocycles. The summed E-state index contributed by atoms with van der Waals surface area (Å²) in [7, 11) is 0. The van der Waals surface area contributed by atoms with Gasteiger partial charge in [-0.1, -0.05) is 30.3 Å². The molecule has 1 nitrogen and oxygen atoms in total. The minimum absolute atomic E-state index is 0.734. The summed E-state index contributed by atoms with van der Waals surface area (Å²) in [6, 6.07) is 11.4. The highest BCUT2D eigenvalue weighted by molar-refractivity contribution is 7.98. The SMILES string of the molecule is CC(NCCSCc1ccccc1)C1CC1. The van der Waals surface area contributed by atoms with Crippen LogP contribution in [0.4, 0.5) is 0 Å². The Morgan fingerprint density at radius 1 is 1.31 bits per heavy atom. The lowest BCUT2D eigenvalue weighted by Crippen LogP contribution is -2.29. The molecule has 16 heavy (non-hydrogen) atoms. The minimum Gasteiger partial charge on any atom is -0.313 e. The highest BCUT2D eigenvalue weighted by Crippen LogP contribution is 2.32. The van der Waals surface area contributed by atoms with Gasteiger partial charge in [0.1, 0.15) is 0 Å². The Bertz CT molecular complexity index is 295. The summed E-state index contributed by atoms with van der Waals surface area (Å²) in [5.74, 6) is 3.32. The van der Waals surface area contributed by atoms with Gasteiger partial charge in [-0.25, -0.2) is 0 Å². The van der Waals surface area contributed by atoms with Crippen LogP contribution in [0, 0.1) is 5.92 Å². The van der Waals surface area contributed by atoms with E-state index in [9.17, 15) is 0 Å². The first kappa shape index (κ1) is 12.0. The first-order valence-corrected chi connectivity index (χ1v) is 7.37. The van der Waals surface area contributed by atoms with Crippen molar-refractivity contribution in [2.75, 3.05) is 12.3 Å². The molecule has 2 heteroatoms. The van der Waals surface area contributed by atoms with E-state index in [1.807, 2.05) is 11.8 Å². The van der Waals surface area contributed by atoms with Gasteiger partial charge in [0, 0.05) is 24.1 Å². The Kier molecular flexibility index (Phi) is 4.73. The second-order valence-electron chi connectivity index (χ2n) is 4.62. The van der Waals surface area contributed by atoms with Crippen LogP contribution in [0.3, 0.4) is 0 Å². The molecule has 1 aromatic carbocycles. The van der Waals surface area contributed by atoms with Crippen molar-refractivity contribution in [3.8, 4) is 0 Å². The standard InChI is InChI=1S/C14H21NS/c1-12(14-7-8-14)15-9-10-16-11-13-5-3-2-4-6-13/h2-6,12,14-15H,7-11H2,1H3. The van der Waals surface area contributed by atoms with Crippen molar-refractivity contribution >= 4 is 11.8 Å². The molecule has 1 atom stereocenters. The maximum absolute atomic E-state index is 3.61. The zero-order valence-corrected chi connectivity index (χ0v) is 10.8. The van der Waals surface area contributed by atoms with E-state index in [1.54, 1.807) is 0 Å².